The monoisotopic (exact) mass is 214 g/mol. The van der Waals surface area contributed by atoms with Crippen molar-refractivity contribution in [2.45, 2.75) is 13.3 Å². The Morgan fingerprint density at radius 2 is 2.07 bits per heavy atom. The van der Waals surface area contributed by atoms with Crippen molar-refractivity contribution in [3.8, 4) is 0 Å². The third-order valence-electron chi connectivity index (χ3n) is 2.19. The van der Waals surface area contributed by atoms with Crippen LogP contribution in [0.1, 0.15) is 18.2 Å². The lowest BCUT2D eigenvalue weighted by Gasteiger charge is -1.82. The van der Waals surface area contributed by atoms with Crippen LogP contribution in [-0.2, 0) is 0 Å². The van der Waals surface area contributed by atoms with Gasteiger partial charge in [0, 0.05) is 9.58 Å². The molecule has 76 valence electrons. The summed E-state index contributed by atoms with van der Waals surface area (Å²) in [6.07, 6.45) is 9.62. The molecule has 0 bridgehead atoms. The van der Waals surface area contributed by atoms with Crippen LogP contribution >= 0.6 is 11.3 Å². The standard InChI is InChI=1S/C14H14S/c1-2-3-4-5-9-13-11-12-8-6-7-10-14(12)15-13/h3-11H,2H2,1H3. The Morgan fingerprint density at radius 1 is 1.20 bits per heavy atom. The van der Waals surface area contributed by atoms with E-state index in [1.807, 2.05) is 11.3 Å². The summed E-state index contributed by atoms with van der Waals surface area (Å²) in [6.45, 7) is 2.14. The summed E-state index contributed by atoms with van der Waals surface area (Å²) < 4.78 is 1.36. The molecule has 0 fully saturated rings. The average molecular weight is 214 g/mol. The van der Waals surface area contributed by atoms with Gasteiger partial charge in [-0.2, -0.15) is 0 Å². The maximum Gasteiger partial charge on any atom is 0.0349 e. The highest BCUT2D eigenvalue weighted by Gasteiger charge is 1.96. The van der Waals surface area contributed by atoms with Crippen LogP contribution in [0.5, 0.6) is 0 Å². The second-order valence-corrected chi connectivity index (χ2v) is 4.50. The maximum absolute atomic E-state index is 2.23. The van der Waals surface area contributed by atoms with Gasteiger partial charge in [-0.1, -0.05) is 43.4 Å². The fraction of sp³-hybridized carbons (Fsp3) is 0.143. The van der Waals surface area contributed by atoms with E-state index in [-0.39, 0.29) is 0 Å². The van der Waals surface area contributed by atoms with Crippen molar-refractivity contribution >= 4 is 27.5 Å². The van der Waals surface area contributed by atoms with Crippen molar-refractivity contribution in [2.75, 3.05) is 0 Å². The van der Waals surface area contributed by atoms with E-state index in [1.165, 1.54) is 15.0 Å². The van der Waals surface area contributed by atoms with E-state index >= 15 is 0 Å². The predicted octanol–water partition coefficient (Wildman–Crippen LogP) is 4.88. The Bertz CT molecular complexity index is 456. The lowest BCUT2D eigenvalue weighted by atomic mass is 10.2. The molecule has 0 aliphatic rings. The number of hydrogen-bond donors (Lipinski definition) is 0. The maximum atomic E-state index is 2.23. The van der Waals surface area contributed by atoms with Crippen LogP contribution in [0.25, 0.3) is 16.2 Å². The van der Waals surface area contributed by atoms with Crippen LogP contribution < -0.4 is 0 Å². The highest BCUT2D eigenvalue weighted by atomic mass is 32.1. The number of thiophene rings is 1. The summed E-state index contributed by atoms with van der Waals surface area (Å²) >= 11 is 1.83. The number of hydrogen-bond acceptors (Lipinski definition) is 1. The lowest BCUT2D eigenvalue weighted by Crippen LogP contribution is -1.57. The zero-order valence-corrected chi connectivity index (χ0v) is 9.63. The first-order valence-electron chi connectivity index (χ1n) is 5.22. The van der Waals surface area contributed by atoms with Crippen molar-refractivity contribution in [1.29, 1.82) is 0 Å². The molecule has 1 heteroatoms. The number of fused-ring (bicyclic) bond motifs is 1. The molecule has 0 N–H and O–H groups in total. The molecule has 0 aliphatic heterocycles. The molecule has 1 aromatic carbocycles. The molecule has 2 rings (SSSR count). The van der Waals surface area contributed by atoms with Gasteiger partial charge in [-0.15, -0.1) is 11.3 Å². The molecular weight excluding hydrogens is 200 g/mol. The summed E-state index contributed by atoms with van der Waals surface area (Å²) in [5.41, 5.74) is 0. The van der Waals surface area contributed by atoms with Gasteiger partial charge in [0.1, 0.15) is 0 Å². The third kappa shape index (κ3) is 2.57. The van der Waals surface area contributed by atoms with E-state index in [0.717, 1.165) is 6.42 Å². The van der Waals surface area contributed by atoms with Crippen molar-refractivity contribution in [3.05, 3.63) is 53.4 Å². The molecule has 0 nitrogen and oxygen atoms in total. The van der Waals surface area contributed by atoms with Crippen LogP contribution in [0.2, 0.25) is 0 Å². The highest BCUT2D eigenvalue weighted by Crippen LogP contribution is 2.25. The van der Waals surface area contributed by atoms with Crippen molar-refractivity contribution < 1.29 is 0 Å². The second-order valence-electron chi connectivity index (χ2n) is 3.38. The van der Waals surface area contributed by atoms with Gasteiger partial charge in [-0.25, -0.2) is 0 Å². The molecule has 2 aromatic rings. The van der Waals surface area contributed by atoms with Crippen molar-refractivity contribution in [1.82, 2.24) is 0 Å². The number of allylic oxidation sites excluding steroid dienone is 3. The highest BCUT2D eigenvalue weighted by molar-refractivity contribution is 7.19. The zero-order valence-electron chi connectivity index (χ0n) is 8.81. The lowest BCUT2D eigenvalue weighted by molar-refractivity contribution is 1.22. The van der Waals surface area contributed by atoms with E-state index in [1.54, 1.807) is 0 Å². The van der Waals surface area contributed by atoms with Gasteiger partial charge in [-0.05, 0) is 30.0 Å². The normalized spacial score (nSPS) is 12.1. The van der Waals surface area contributed by atoms with Gasteiger partial charge in [0.2, 0.25) is 0 Å². The zero-order chi connectivity index (χ0) is 10.5. The van der Waals surface area contributed by atoms with Crippen LogP contribution in [-0.4, -0.2) is 0 Å². The molecule has 15 heavy (non-hydrogen) atoms. The van der Waals surface area contributed by atoms with Crippen LogP contribution in [0.15, 0.2) is 48.6 Å². The van der Waals surface area contributed by atoms with Gasteiger partial charge >= 0.3 is 0 Å². The van der Waals surface area contributed by atoms with Crippen LogP contribution in [0, 0.1) is 0 Å². The largest absolute Gasteiger partial charge is 0.136 e. The molecule has 0 saturated heterocycles. The first-order chi connectivity index (χ1) is 7.40. The first kappa shape index (κ1) is 10.2. The topological polar surface area (TPSA) is 0 Å². The molecule has 0 radical (unpaired) electrons. The first-order valence-corrected chi connectivity index (χ1v) is 6.03. The third-order valence-corrected chi connectivity index (χ3v) is 3.27. The fourth-order valence-electron chi connectivity index (χ4n) is 1.45. The van der Waals surface area contributed by atoms with Gasteiger partial charge < -0.3 is 0 Å². The molecule has 0 atom stereocenters. The Hall–Kier alpha value is -1.34. The summed E-state index contributed by atoms with van der Waals surface area (Å²) in [5.74, 6) is 0. The van der Waals surface area contributed by atoms with Crippen molar-refractivity contribution in [2.24, 2.45) is 0 Å². The molecule has 1 aromatic heterocycles. The molecule has 0 aliphatic carbocycles. The average Bonchev–Trinajstić information content (AvgIpc) is 2.67. The Balaban J connectivity index is 2.22. The fourth-order valence-corrected chi connectivity index (χ4v) is 2.43. The SMILES string of the molecule is CCC=CC=Cc1cc2ccccc2s1. The molecule has 0 unspecified atom stereocenters. The molecular formula is C14H14S. The minimum absolute atomic E-state index is 1.09. The van der Waals surface area contributed by atoms with Gasteiger partial charge in [0.15, 0.2) is 0 Å². The smallest absolute Gasteiger partial charge is 0.0349 e. The molecule has 0 amide bonds. The van der Waals surface area contributed by atoms with Gasteiger partial charge in [-0.3, -0.25) is 0 Å². The Morgan fingerprint density at radius 3 is 2.87 bits per heavy atom. The molecule has 0 spiro atoms. The summed E-state index contributed by atoms with van der Waals surface area (Å²) in [7, 11) is 0. The summed E-state index contributed by atoms with van der Waals surface area (Å²) in [5, 5.41) is 1.33. The number of rotatable bonds is 3. The van der Waals surface area contributed by atoms with E-state index < -0.39 is 0 Å². The minimum atomic E-state index is 1.09. The Kier molecular flexibility index (Phi) is 3.36. The van der Waals surface area contributed by atoms with E-state index in [4.69, 9.17) is 0 Å². The molecule has 0 saturated carbocycles. The quantitative estimate of drug-likeness (QED) is 0.639. The van der Waals surface area contributed by atoms with Gasteiger partial charge in [0.05, 0.1) is 0 Å². The number of benzene rings is 1. The van der Waals surface area contributed by atoms with E-state index in [2.05, 4.69) is 61.6 Å². The van der Waals surface area contributed by atoms with Crippen molar-refractivity contribution in [3.63, 3.8) is 0 Å². The molecule has 1 heterocycles. The van der Waals surface area contributed by atoms with Gasteiger partial charge in [0.25, 0.3) is 0 Å². The predicted molar refractivity (Wildman–Crippen MR) is 70.3 cm³/mol. The summed E-state index contributed by atoms with van der Waals surface area (Å²) in [4.78, 5) is 1.32. The van der Waals surface area contributed by atoms with Crippen LogP contribution in [0.4, 0.5) is 0 Å². The van der Waals surface area contributed by atoms with E-state index in [0.29, 0.717) is 0 Å². The van der Waals surface area contributed by atoms with Crippen LogP contribution in [0.3, 0.4) is 0 Å². The Labute approximate surface area is 94.6 Å². The van der Waals surface area contributed by atoms with E-state index in [9.17, 15) is 0 Å². The second kappa shape index (κ2) is 4.94. The minimum Gasteiger partial charge on any atom is -0.136 e. The summed E-state index contributed by atoms with van der Waals surface area (Å²) in [6, 6.07) is 10.7.